The van der Waals surface area contributed by atoms with Crippen molar-refractivity contribution in [2.24, 2.45) is 0 Å². The van der Waals surface area contributed by atoms with Gasteiger partial charge in [-0.15, -0.1) is 0 Å². The first-order chi connectivity index (χ1) is 12.6. The van der Waals surface area contributed by atoms with Crippen LogP contribution in [0.2, 0.25) is 5.02 Å². The first kappa shape index (κ1) is 16.3. The number of phenolic OH excluding ortho intramolecular Hbond substituents is 1. The summed E-state index contributed by atoms with van der Waals surface area (Å²) in [5.41, 5.74) is 3.09. The number of aromatic hydroxyl groups is 1. The van der Waals surface area contributed by atoms with E-state index in [0.29, 0.717) is 33.9 Å². The molecule has 0 aliphatic heterocycles. The lowest BCUT2D eigenvalue weighted by Gasteiger charge is -2.05. The second-order valence-corrected chi connectivity index (χ2v) is 6.34. The van der Waals surface area contributed by atoms with Gasteiger partial charge >= 0.3 is 0 Å². The van der Waals surface area contributed by atoms with Crippen molar-refractivity contribution in [2.45, 2.75) is 6.54 Å². The Morgan fingerprint density at radius 3 is 2.62 bits per heavy atom. The van der Waals surface area contributed by atoms with E-state index in [0.717, 1.165) is 5.56 Å². The predicted octanol–water partition coefficient (Wildman–Crippen LogP) is 4.07. The van der Waals surface area contributed by atoms with Crippen LogP contribution in [-0.2, 0) is 6.54 Å². The van der Waals surface area contributed by atoms with Gasteiger partial charge in [-0.2, -0.15) is 0 Å². The van der Waals surface area contributed by atoms with Crippen LogP contribution >= 0.6 is 11.6 Å². The molecule has 2 heterocycles. The van der Waals surface area contributed by atoms with Crippen LogP contribution in [0.1, 0.15) is 21.5 Å². The van der Waals surface area contributed by atoms with E-state index in [4.69, 9.17) is 11.6 Å². The Kier molecular flexibility index (Phi) is 4.14. The number of phenols is 1. The molecule has 0 spiro atoms. The number of hydrogen-bond donors (Lipinski definition) is 1. The minimum atomic E-state index is -0.137. The third-order valence-corrected chi connectivity index (χ3v) is 4.36. The number of hydrogen-bond acceptors (Lipinski definition) is 4. The van der Waals surface area contributed by atoms with E-state index in [1.165, 1.54) is 0 Å². The summed E-state index contributed by atoms with van der Waals surface area (Å²) in [7, 11) is 0. The van der Waals surface area contributed by atoms with Gasteiger partial charge in [0.1, 0.15) is 11.3 Å². The molecule has 0 fully saturated rings. The van der Waals surface area contributed by atoms with Gasteiger partial charge in [0.15, 0.2) is 11.4 Å². The molecule has 0 aliphatic carbocycles. The number of carbonyl (C=O) groups excluding carboxylic acids is 1. The lowest BCUT2D eigenvalue weighted by Crippen LogP contribution is -2.01. The monoisotopic (exact) mass is 363 g/mol. The van der Waals surface area contributed by atoms with Crippen LogP contribution in [0.25, 0.3) is 11.2 Å². The molecule has 0 radical (unpaired) electrons. The van der Waals surface area contributed by atoms with Crippen molar-refractivity contribution >= 4 is 28.5 Å². The molecule has 2 aromatic heterocycles. The van der Waals surface area contributed by atoms with Gasteiger partial charge in [-0.05, 0) is 42.0 Å². The Morgan fingerprint density at radius 2 is 1.85 bits per heavy atom. The Morgan fingerprint density at radius 1 is 1.08 bits per heavy atom. The van der Waals surface area contributed by atoms with Gasteiger partial charge in [-0.1, -0.05) is 23.7 Å². The van der Waals surface area contributed by atoms with Crippen LogP contribution in [-0.4, -0.2) is 25.4 Å². The predicted molar refractivity (Wildman–Crippen MR) is 99.6 cm³/mol. The minimum absolute atomic E-state index is 0.137. The van der Waals surface area contributed by atoms with Crippen LogP contribution in [0.15, 0.2) is 67.1 Å². The summed E-state index contributed by atoms with van der Waals surface area (Å²) in [5.74, 6) is 0.0596. The summed E-state index contributed by atoms with van der Waals surface area (Å²) < 4.78 is 1.86. The standard InChI is InChI=1S/C20H14ClN3O2/c21-15-6-4-14(5-7-15)19(26)17-12-24(20-18(17)22-8-9-23-20)11-13-2-1-3-16(25)10-13/h1-10,12,25H,11H2. The number of benzene rings is 2. The Balaban J connectivity index is 1.79. The number of fused-ring (bicyclic) bond motifs is 1. The molecule has 0 amide bonds. The lowest BCUT2D eigenvalue weighted by atomic mass is 10.1. The van der Waals surface area contributed by atoms with Crippen molar-refractivity contribution in [1.82, 2.24) is 14.5 Å². The maximum absolute atomic E-state index is 12.9. The molecule has 4 rings (SSSR count). The van der Waals surface area contributed by atoms with Crippen LogP contribution < -0.4 is 0 Å². The van der Waals surface area contributed by atoms with Crippen LogP contribution in [0, 0.1) is 0 Å². The van der Waals surface area contributed by atoms with Gasteiger partial charge < -0.3 is 9.67 Å². The molecular formula is C20H14ClN3O2. The average molecular weight is 364 g/mol. The van der Waals surface area contributed by atoms with Crippen molar-refractivity contribution in [3.05, 3.63) is 88.8 Å². The molecule has 0 aliphatic rings. The molecule has 128 valence electrons. The van der Waals surface area contributed by atoms with Crippen LogP contribution in [0.4, 0.5) is 0 Å². The van der Waals surface area contributed by atoms with Gasteiger partial charge in [0.25, 0.3) is 0 Å². The van der Waals surface area contributed by atoms with Crippen molar-refractivity contribution in [2.75, 3.05) is 0 Å². The van der Waals surface area contributed by atoms with Crippen LogP contribution in [0.3, 0.4) is 0 Å². The van der Waals surface area contributed by atoms with Crippen molar-refractivity contribution in [3.63, 3.8) is 0 Å². The van der Waals surface area contributed by atoms with Gasteiger partial charge in [0.2, 0.25) is 0 Å². The van der Waals surface area contributed by atoms with Crippen molar-refractivity contribution < 1.29 is 9.90 Å². The largest absolute Gasteiger partial charge is 0.508 e. The van der Waals surface area contributed by atoms with Gasteiger partial charge in [-0.25, -0.2) is 4.98 Å². The van der Waals surface area contributed by atoms with E-state index < -0.39 is 0 Å². The van der Waals surface area contributed by atoms with Gasteiger partial charge in [-0.3, -0.25) is 9.78 Å². The number of nitrogens with zero attached hydrogens (tertiary/aromatic N) is 3. The fourth-order valence-corrected chi connectivity index (χ4v) is 3.03. The summed E-state index contributed by atoms with van der Waals surface area (Å²) in [5, 5.41) is 10.2. The number of carbonyl (C=O) groups is 1. The number of halogens is 1. The number of ketones is 1. The topological polar surface area (TPSA) is 68.0 Å². The zero-order valence-corrected chi connectivity index (χ0v) is 14.4. The summed E-state index contributed by atoms with van der Waals surface area (Å²) >= 11 is 5.91. The molecule has 4 aromatic rings. The maximum Gasteiger partial charge on any atom is 0.196 e. The summed E-state index contributed by atoms with van der Waals surface area (Å²) in [6, 6.07) is 13.7. The molecule has 26 heavy (non-hydrogen) atoms. The zero-order chi connectivity index (χ0) is 18.1. The normalized spacial score (nSPS) is 11.0. The highest BCUT2D eigenvalue weighted by atomic mass is 35.5. The third kappa shape index (κ3) is 3.05. The smallest absolute Gasteiger partial charge is 0.196 e. The van der Waals surface area contributed by atoms with Crippen molar-refractivity contribution in [1.29, 1.82) is 0 Å². The van der Waals surface area contributed by atoms with E-state index in [9.17, 15) is 9.90 Å². The highest BCUT2D eigenvalue weighted by Crippen LogP contribution is 2.23. The molecule has 1 N–H and O–H groups in total. The molecular weight excluding hydrogens is 350 g/mol. The Bertz CT molecular complexity index is 1100. The quantitative estimate of drug-likeness (QED) is 0.555. The number of rotatable bonds is 4. The SMILES string of the molecule is O=C(c1ccc(Cl)cc1)c1cn(Cc2cccc(O)c2)c2nccnc12. The fourth-order valence-electron chi connectivity index (χ4n) is 2.90. The molecule has 0 bridgehead atoms. The first-order valence-electron chi connectivity index (χ1n) is 8.00. The molecule has 0 unspecified atom stereocenters. The van der Waals surface area contributed by atoms with Crippen LogP contribution in [0.5, 0.6) is 5.75 Å². The highest BCUT2D eigenvalue weighted by molar-refractivity contribution is 6.30. The Hall–Kier alpha value is -3.18. The highest BCUT2D eigenvalue weighted by Gasteiger charge is 2.18. The molecule has 0 saturated heterocycles. The average Bonchev–Trinajstić information content (AvgIpc) is 3.01. The summed E-state index contributed by atoms with van der Waals surface area (Å²) in [6.07, 6.45) is 4.92. The summed E-state index contributed by atoms with van der Waals surface area (Å²) in [4.78, 5) is 21.6. The molecule has 0 saturated carbocycles. The van der Waals surface area contributed by atoms with Crippen molar-refractivity contribution in [3.8, 4) is 5.75 Å². The van der Waals surface area contributed by atoms with E-state index in [1.807, 2.05) is 10.6 Å². The fraction of sp³-hybridized carbons (Fsp3) is 0.0500. The first-order valence-corrected chi connectivity index (χ1v) is 8.37. The van der Waals surface area contributed by atoms with Gasteiger partial charge in [0.05, 0.1) is 5.56 Å². The van der Waals surface area contributed by atoms with E-state index in [2.05, 4.69) is 9.97 Å². The zero-order valence-electron chi connectivity index (χ0n) is 13.6. The maximum atomic E-state index is 12.9. The van der Waals surface area contributed by atoms with E-state index in [1.54, 1.807) is 61.1 Å². The third-order valence-electron chi connectivity index (χ3n) is 4.11. The molecule has 2 aromatic carbocycles. The van der Waals surface area contributed by atoms with E-state index >= 15 is 0 Å². The summed E-state index contributed by atoms with van der Waals surface area (Å²) in [6.45, 7) is 0.470. The molecule has 0 atom stereocenters. The molecule has 5 nitrogen and oxygen atoms in total. The van der Waals surface area contributed by atoms with Gasteiger partial charge in [0, 0.05) is 35.7 Å². The number of aromatic nitrogens is 3. The molecule has 6 heteroatoms. The second kappa shape index (κ2) is 6.61. The Labute approximate surface area is 154 Å². The lowest BCUT2D eigenvalue weighted by molar-refractivity contribution is 0.104. The van der Waals surface area contributed by atoms with E-state index in [-0.39, 0.29) is 11.5 Å². The minimum Gasteiger partial charge on any atom is -0.508 e. The second-order valence-electron chi connectivity index (χ2n) is 5.91.